The van der Waals surface area contributed by atoms with Gasteiger partial charge in [-0.05, 0) is 0 Å². The fraction of sp³-hybridized carbons (Fsp3) is 1.00. The van der Waals surface area contributed by atoms with Crippen LogP contribution in [0.2, 0.25) is 0 Å². The second-order valence-electron chi connectivity index (χ2n) is 1.80. The molecule has 0 saturated carbocycles. The zero-order valence-corrected chi connectivity index (χ0v) is 5.18. The highest BCUT2D eigenvalue weighted by Gasteiger charge is 2.42. The lowest BCUT2D eigenvalue weighted by molar-refractivity contribution is -0.163. The van der Waals surface area contributed by atoms with E-state index in [4.69, 9.17) is 0 Å². The summed E-state index contributed by atoms with van der Waals surface area (Å²) in [6.07, 6.45) is 0. The first kappa shape index (κ1) is 10.5. The molecule has 1 nitrogen and oxygen atoms in total. The van der Waals surface area contributed by atoms with E-state index in [1.807, 2.05) is 0 Å². The van der Waals surface area contributed by atoms with Crippen molar-refractivity contribution in [1.82, 2.24) is 5.32 Å². The van der Waals surface area contributed by atoms with Crippen LogP contribution in [-0.4, -0.2) is 25.4 Å². The SMILES string of the molecule is FCC(F)(F)NC(F)(F)CF. The Balaban J connectivity index is 4.02. The van der Waals surface area contributed by atoms with Crippen LogP contribution in [0.15, 0.2) is 0 Å². The lowest BCUT2D eigenvalue weighted by Crippen LogP contribution is -2.51. The van der Waals surface area contributed by atoms with Crippen LogP contribution in [0.25, 0.3) is 0 Å². The summed E-state index contributed by atoms with van der Waals surface area (Å²) in [6.45, 7) is -4.61. The number of nitrogens with one attached hydrogen (secondary N) is 1. The van der Waals surface area contributed by atoms with Crippen molar-refractivity contribution in [1.29, 1.82) is 0 Å². The van der Waals surface area contributed by atoms with Gasteiger partial charge >= 0.3 is 12.1 Å². The zero-order chi connectivity index (χ0) is 9.12. The molecule has 0 saturated heterocycles. The van der Waals surface area contributed by atoms with Gasteiger partial charge in [-0.1, -0.05) is 0 Å². The summed E-state index contributed by atoms with van der Waals surface area (Å²) in [5.41, 5.74) is 0. The van der Waals surface area contributed by atoms with E-state index in [-0.39, 0.29) is 5.32 Å². The standard InChI is InChI=1S/C4H5F6N/c5-1-3(7,8)11-4(9,10)2-6/h11H,1-2H2. The summed E-state index contributed by atoms with van der Waals surface area (Å²) in [5, 5.41) is 0.215. The lowest BCUT2D eigenvalue weighted by Gasteiger charge is -2.20. The van der Waals surface area contributed by atoms with E-state index in [0.29, 0.717) is 0 Å². The van der Waals surface area contributed by atoms with Gasteiger partial charge in [0.15, 0.2) is 13.3 Å². The molecule has 11 heavy (non-hydrogen) atoms. The maximum Gasteiger partial charge on any atom is 0.335 e. The second-order valence-corrected chi connectivity index (χ2v) is 1.80. The minimum Gasteiger partial charge on any atom is -0.243 e. The molecule has 7 heteroatoms. The monoisotopic (exact) mass is 181 g/mol. The molecule has 0 atom stereocenters. The molecule has 0 unspecified atom stereocenters. The molecular formula is C4H5F6N. The van der Waals surface area contributed by atoms with Gasteiger partial charge in [0.25, 0.3) is 0 Å². The summed E-state index contributed by atoms with van der Waals surface area (Å²) in [4.78, 5) is 0. The van der Waals surface area contributed by atoms with Crippen LogP contribution in [0.3, 0.4) is 0 Å². The summed E-state index contributed by atoms with van der Waals surface area (Å²) >= 11 is 0. The van der Waals surface area contributed by atoms with Crippen molar-refractivity contribution in [3.63, 3.8) is 0 Å². The Labute approximate surface area is 58.4 Å². The Morgan fingerprint density at radius 3 is 1.27 bits per heavy atom. The molecule has 0 aliphatic heterocycles. The summed E-state index contributed by atoms with van der Waals surface area (Å²) in [7, 11) is 0. The van der Waals surface area contributed by atoms with Crippen LogP contribution >= 0.6 is 0 Å². The molecule has 0 aromatic rings. The highest BCUT2D eigenvalue weighted by Crippen LogP contribution is 2.18. The molecular weight excluding hydrogens is 176 g/mol. The quantitative estimate of drug-likeness (QED) is 0.514. The first-order valence-corrected chi connectivity index (χ1v) is 2.50. The molecule has 0 aliphatic carbocycles. The average molecular weight is 181 g/mol. The fourth-order valence-electron chi connectivity index (χ4n) is 0.334. The van der Waals surface area contributed by atoms with E-state index in [2.05, 4.69) is 0 Å². The van der Waals surface area contributed by atoms with Crippen LogP contribution in [0.5, 0.6) is 0 Å². The van der Waals surface area contributed by atoms with Crippen LogP contribution in [0.4, 0.5) is 26.3 Å². The second kappa shape index (κ2) is 3.29. The highest BCUT2D eigenvalue weighted by atomic mass is 19.3. The molecule has 0 rings (SSSR count). The third-order valence-corrected chi connectivity index (χ3v) is 0.701. The first-order valence-electron chi connectivity index (χ1n) is 2.50. The van der Waals surface area contributed by atoms with Crippen LogP contribution in [-0.2, 0) is 0 Å². The Kier molecular flexibility index (Phi) is 3.15. The van der Waals surface area contributed by atoms with Gasteiger partial charge in [0.1, 0.15) is 0 Å². The van der Waals surface area contributed by atoms with Crippen molar-refractivity contribution in [2.24, 2.45) is 0 Å². The lowest BCUT2D eigenvalue weighted by atomic mass is 10.5. The molecule has 0 radical (unpaired) electrons. The maximum atomic E-state index is 11.7. The van der Waals surface area contributed by atoms with Crippen molar-refractivity contribution < 1.29 is 26.3 Å². The minimum absolute atomic E-state index is 0.215. The summed E-state index contributed by atoms with van der Waals surface area (Å²) < 4.78 is 69.1. The first-order chi connectivity index (χ1) is 4.83. The van der Waals surface area contributed by atoms with Crippen molar-refractivity contribution in [2.75, 3.05) is 13.3 Å². The van der Waals surface area contributed by atoms with Gasteiger partial charge in [0.05, 0.1) is 0 Å². The largest absolute Gasteiger partial charge is 0.335 e. The van der Waals surface area contributed by atoms with E-state index in [9.17, 15) is 26.3 Å². The predicted molar refractivity (Wildman–Crippen MR) is 25.0 cm³/mol. The molecule has 1 N–H and O–H groups in total. The Hall–Kier alpha value is -0.460. The van der Waals surface area contributed by atoms with Gasteiger partial charge in [0.2, 0.25) is 0 Å². The number of hydrogen-bond donors (Lipinski definition) is 1. The van der Waals surface area contributed by atoms with E-state index in [1.54, 1.807) is 0 Å². The Morgan fingerprint density at radius 1 is 0.818 bits per heavy atom. The third kappa shape index (κ3) is 4.07. The Bertz CT molecular complexity index is 110. The van der Waals surface area contributed by atoms with Gasteiger partial charge in [-0.15, -0.1) is 0 Å². The van der Waals surface area contributed by atoms with Gasteiger partial charge < -0.3 is 0 Å². The zero-order valence-electron chi connectivity index (χ0n) is 5.18. The van der Waals surface area contributed by atoms with Crippen molar-refractivity contribution in [3.8, 4) is 0 Å². The van der Waals surface area contributed by atoms with Gasteiger partial charge in [0, 0.05) is 0 Å². The van der Waals surface area contributed by atoms with Gasteiger partial charge in [-0.25, -0.2) is 8.78 Å². The van der Waals surface area contributed by atoms with E-state index in [1.165, 1.54) is 0 Å². The Morgan fingerprint density at radius 2 is 1.09 bits per heavy atom. The number of rotatable bonds is 4. The van der Waals surface area contributed by atoms with E-state index in [0.717, 1.165) is 0 Å². The molecule has 68 valence electrons. The van der Waals surface area contributed by atoms with Crippen LogP contribution in [0, 0.1) is 0 Å². The van der Waals surface area contributed by atoms with Gasteiger partial charge in [-0.3, -0.25) is 0 Å². The van der Waals surface area contributed by atoms with Crippen molar-refractivity contribution in [2.45, 2.75) is 12.1 Å². The van der Waals surface area contributed by atoms with E-state index >= 15 is 0 Å². The van der Waals surface area contributed by atoms with Crippen LogP contribution < -0.4 is 5.32 Å². The molecule has 0 spiro atoms. The summed E-state index contributed by atoms with van der Waals surface area (Å²) in [5.74, 6) is 0. The normalized spacial score (nSPS) is 13.6. The maximum absolute atomic E-state index is 11.7. The molecule has 0 heterocycles. The molecule has 0 aliphatic rings. The predicted octanol–water partition coefficient (Wildman–Crippen LogP) is 1.70. The molecule has 0 aromatic carbocycles. The molecule has 0 aromatic heterocycles. The highest BCUT2D eigenvalue weighted by molar-refractivity contribution is 4.69. The topological polar surface area (TPSA) is 12.0 Å². The minimum atomic E-state index is -4.38. The molecule has 0 fully saturated rings. The van der Waals surface area contributed by atoms with E-state index < -0.39 is 25.4 Å². The molecule has 0 amide bonds. The number of alkyl halides is 6. The van der Waals surface area contributed by atoms with Gasteiger partial charge in [-0.2, -0.15) is 22.9 Å². The average Bonchev–Trinajstić information content (AvgIpc) is 1.86. The van der Waals surface area contributed by atoms with Crippen molar-refractivity contribution >= 4 is 0 Å². The summed E-state index contributed by atoms with van der Waals surface area (Å²) in [6, 6.07) is -8.76. The number of halogens is 6. The molecule has 0 bridgehead atoms. The number of hydrogen-bond acceptors (Lipinski definition) is 1. The van der Waals surface area contributed by atoms with Crippen LogP contribution in [0.1, 0.15) is 0 Å². The van der Waals surface area contributed by atoms with Crippen molar-refractivity contribution in [3.05, 3.63) is 0 Å². The third-order valence-electron chi connectivity index (χ3n) is 0.701. The smallest absolute Gasteiger partial charge is 0.243 e. The fourth-order valence-corrected chi connectivity index (χ4v) is 0.334.